The summed E-state index contributed by atoms with van der Waals surface area (Å²) in [6.07, 6.45) is 6.64. The Hall–Kier alpha value is -1.20. The average molecular weight is 248 g/mol. The Kier molecular flexibility index (Phi) is 3.43. The lowest BCUT2D eigenvalue weighted by atomic mass is 10.3. The highest BCUT2D eigenvalue weighted by molar-refractivity contribution is 5.36. The van der Waals surface area contributed by atoms with Gasteiger partial charge in [0.05, 0.1) is 30.8 Å². The van der Waals surface area contributed by atoms with Crippen molar-refractivity contribution in [3.63, 3.8) is 0 Å². The summed E-state index contributed by atoms with van der Waals surface area (Å²) in [6.45, 7) is 5.49. The van der Waals surface area contributed by atoms with Gasteiger partial charge in [-0.3, -0.25) is 4.98 Å². The van der Waals surface area contributed by atoms with Crippen molar-refractivity contribution in [3.8, 4) is 0 Å². The van der Waals surface area contributed by atoms with E-state index in [2.05, 4.69) is 27.1 Å². The Morgan fingerprint density at radius 1 is 1.39 bits per heavy atom. The van der Waals surface area contributed by atoms with Crippen LogP contribution in [0.25, 0.3) is 0 Å². The number of ether oxygens (including phenoxy) is 1. The largest absolute Gasteiger partial charge is 0.375 e. The number of rotatable bonds is 4. The molecule has 1 aromatic rings. The highest BCUT2D eigenvalue weighted by atomic mass is 16.5. The summed E-state index contributed by atoms with van der Waals surface area (Å²) in [7, 11) is 0. The van der Waals surface area contributed by atoms with Gasteiger partial charge in [-0.05, 0) is 19.8 Å². The van der Waals surface area contributed by atoms with Crippen molar-refractivity contribution < 1.29 is 4.74 Å². The molecule has 1 unspecified atom stereocenters. The normalized spacial score (nSPS) is 24.3. The Bertz CT molecular complexity index is 390. The molecule has 1 saturated heterocycles. The van der Waals surface area contributed by atoms with Crippen molar-refractivity contribution in [1.29, 1.82) is 0 Å². The van der Waals surface area contributed by atoms with Gasteiger partial charge in [0, 0.05) is 25.7 Å². The summed E-state index contributed by atoms with van der Waals surface area (Å²) in [6, 6.07) is 0.714. The highest BCUT2D eigenvalue weighted by Gasteiger charge is 2.21. The van der Waals surface area contributed by atoms with Crippen molar-refractivity contribution in [2.24, 2.45) is 0 Å². The molecular weight excluding hydrogens is 228 g/mol. The van der Waals surface area contributed by atoms with E-state index in [9.17, 15) is 0 Å². The van der Waals surface area contributed by atoms with Crippen LogP contribution in [0.1, 0.15) is 25.5 Å². The van der Waals surface area contributed by atoms with Crippen LogP contribution in [0.3, 0.4) is 0 Å². The Balaban J connectivity index is 1.58. The van der Waals surface area contributed by atoms with Gasteiger partial charge >= 0.3 is 0 Å². The van der Waals surface area contributed by atoms with E-state index in [0.29, 0.717) is 6.04 Å². The monoisotopic (exact) mass is 248 g/mol. The Morgan fingerprint density at radius 2 is 2.28 bits per heavy atom. The molecule has 0 bridgehead atoms. The number of hydrogen-bond donors (Lipinski definition) is 1. The summed E-state index contributed by atoms with van der Waals surface area (Å²) >= 11 is 0. The predicted octanol–water partition coefficient (Wildman–Crippen LogP) is 0.954. The quantitative estimate of drug-likeness (QED) is 0.860. The van der Waals surface area contributed by atoms with E-state index in [1.54, 1.807) is 0 Å². The predicted molar refractivity (Wildman–Crippen MR) is 69.5 cm³/mol. The topological polar surface area (TPSA) is 50.3 Å². The number of anilines is 1. The number of morpholine rings is 1. The molecule has 98 valence electrons. The number of nitrogens with one attached hydrogen (secondary N) is 1. The second-order valence-electron chi connectivity index (χ2n) is 5.15. The fourth-order valence-corrected chi connectivity index (χ4v) is 2.17. The van der Waals surface area contributed by atoms with Crippen LogP contribution in [0.15, 0.2) is 12.4 Å². The van der Waals surface area contributed by atoms with Crippen LogP contribution in [0, 0.1) is 0 Å². The lowest BCUT2D eigenvalue weighted by Gasteiger charge is -2.31. The third-order valence-corrected chi connectivity index (χ3v) is 3.41. The Morgan fingerprint density at radius 3 is 2.94 bits per heavy atom. The van der Waals surface area contributed by atoms with E-state index in [-0.39, 0.29) is 6.10 Å². The smallest absolute Gasteiger partial charge is 0.147 e. The van der Waals surface area contributed by atoms with Crippen molar-refractivity contribution in [3.05, 3.63) is 18.1 Å². The summed E-state index contributed by atoms with van der Waals surface area (Å²) in [5.41, 5.74) is 1.02. The molecule has 1 aromatic heterocycles. The van der Waals surface area contributed by atoms with Gasteiger partial charge in [-0.2, -0.15) is 0 Å². The lowest BCUT2D eigenvalue weighted by Crippen LogP contribution is -2.41. The first-order valence-corrected chi connectivity index (χ1v) is 6.72. The fourth-order valence-electron chi connectivity index (χ4n) is 2.17. The van der Waals surface area contributed by atoms with E-state index in [4.69, 9.17) is 4.74 Å². The van der Waals surface area contributed by atoms with E-state index in [0.717, 1.165) is 37.8 Å². The fraction of sp³-hybridized carbons (Fsp3) is 0.692. The number of aromatic nitrogens is 2. The van der Waals surface area contributed by atoms with Crippen LogP contribution in [0.2, 0.25) is 0 Å². The van der Waals surface area contributed by atoms with Crippen LogP contribution < -0.4 is 10.2 Å². The molecule has 5 heteroatoms. The van der Waals surface area contributed by atoms with E-state index >= 15 is 0 Å². The van der Waals surface area contributed by atoms with E-state index in [1.807, 2.05) is 12.4 Å². The van der Waals surface area contributed by atoms with Gasteiger partial charge in [0.1, 0.15) is 5.82 Å². The molecule has 2 heterocycles. The zero-order valence-corrected chi connectivity index (χ0v) is 10.8. The molecule has 3 rings (SSSR count). The van der Waals surface area contributed by atoms with Crippen molar-refractivity contribution in [2.75, 3.05) is 24.6 Å². The molecule has 1 aliphatic carbocycles. The van der Waals surface area contributed by atoms with E-state index < -0.39 is 0 Å². The minimum Gasteiger partial charge on any atom is -0.375 e. The molecule has 2 fully saturated rings. The zero-order chi connectivity index (χ0) is 12.4. The molecule has 1 aliphatic heterocycles. The molecule has 0 aromatic carbocycles. The minimum atomic E-state index is 0.275. The summed E-state index contributed by atoms with van der Waals surface area (Å²) in [5.74, 6) is 0.959. The van der Waals surface area contributed by atoms with Gasteiger partial charge in [0.15, 0.2) is 0 Å². The van der Waals surface area contributed by atoms with Crippen LogP contribution >= 0.6 is 0 Å². The van der Waals surface area contributed by atoms with Gasteiger partial charge in [0.2, 0.25) is 0 Å². The van der Waals surface area contributed by atoms with Gasteiger partial charge in [-0.25, -0.2) is 4.98 Å². The molecule has 2 aliphatic rings. The maximum Gasteiger partial charge on any atom is 0.147 e. The first-order valence-electron chi connectivity index (χ1n) is 6.72. The molecule has 5 nitrogen and oxygen atoms in total. The molecule has 1 saturated carbocycles. The average Bonchev–Trinajstić information content (AvgIpc) is 3.21. The van der Waals surface area contributed by atoms with Crippen LogP contribution in [0.5, 0.6) is 0 Å². The maximum absolute atomic E-state index is 5.53. The van der Waals surface area contributed by atoms with Crippen LogP contribution in [-0.4, -0.2) is 41.8 Å². The van der Waals surface area contributed by atoms with Gasteiger partial charge in [-0.1, -0.05) is 0 Å². The highest BCUT2D eigenvalue weighted by Crippen LogP contribution is 2.19. The third kappa shape index (κ3) is 2.97. The SMILES string of the molecule is CC1CN(c2cnc(CNC3CC3)cn2)CCO1. The maximum atomic E-state index is 5.53. The summed E-state index contributed by atoms with van der Waals surface area (Å²) in [4.78, 5) is 11.2. The standard InChI is InChI=1S/C13H20N4O/c1-10-9-17(4-5-18-10)13-8-15-12(7-16-13)6-14-11-2-3-11/h7-8,10-11,14H,2-6,9H2,1H3. The zero-order valence-electron chi connectivity index (χ0n) is 10.8. The van der Waals surface area contributed by atoms with Gasteiger partial charge < -0.3 is 15.0 Å². The molecule has 0 radical (unpaired) electrons. The minimum absolute atomic E-state index is 0.275. The molecule has 1 N–H and O–H groups in total. The summed E-state index contributed by atoms with van der Waals surface area (Å²) < 4.78 is 5.53. The third-order valence-electron chi connectivity index (χ3n) is 3.41. The number of nitrogens with zero attached hydrogens (tertiary/aromatic N) is 3. The van der Waals surface area contributed by atoms with E-state index in [1.165, 1.54) is 12.8 Å². The second-order valence-corrected chi connectivity index (χ2v) is 5.15. The molecule has 1 atom stereocenters. The van der Waals surface area contributed by atoms with Crippen LogP contribution in [0.4, 0.5) is 5.82 Å². The molecule has 0 spiro atoms. The number of hydrogen-bond acceptors (Lipinski definition) is 5. The lowest BCUT2D eigenvalue weighted by molar-refractivity contribution is 0.0529. The van der Waals surface area contributed by atoms with Gasteiger partial charge in [-0.15, -0.1) is 0 Å². The first kappa shape index (κ1) is 11.9. The van der Waals surface area contributed by atoms with Crippen molar-refractivity contribution >= 4 is 5.82 Å². The van der Waals surface area contributed by atoms with Crippen molar-refractivity contribution in [2.45, 2.75) is 38.5 Å². The van der Waals surface area contributed by atoms with Crippen LogP contribution in [-0.2, 0) is 11.3 Å². The van der Waals surface area contributed by atoms with Gasteiger partial charge in [0.25, 0.3) is 0 Å². The first-order chi connectivity index (χ1) is 8.81. The molecule has 0 amide bonds. The van der Waals surface area contributed by atoms with Crippen molar-refractivity contribution in [1.82, 2.24) is 15.3 Å². The second kappa shape index (κ2) is 5.20. The Labute approximate surface area is 108 Å². The summed E-state index contributed by atoms with van der Waals surface area (Å²) in [5, 5.41) is 3.44. The molecule has 18 heavy (non-hydrogen) atoms. The molecular formula is C13H20N4O.